The van der Waals surface area contributed by atoms with Crippen molar-refractivity contribution in [1.29, 1.82) is 0 Å². The fraction of sp³-hybridized carbons (Fsp3) is 0.143. The van der Waals surface area contributed by atoms with Crippen molar-refractivity contribution in [1.82, 2.24) is 4.98 Å². The highest BCUT2D eigenvalue weighted by Crippen LogP contribution is 2.19. The topological polar surface area (TPSA) is 59.4 Å². The zero-order chi connectivity index (χ0) is 8.97. The predicted molar refractivity (Wildman–Crippen MR) is 42.4 cm³/mol. The second-order valence-corrected chi connectivity index (χ2v) is 2.38. The van der Waals surface area contributed by atoms with Gasteiger partial charge in [-0.05, 0) is 12.1 Å². The largest absolute Gasteiger partial charge is 0.479 e. The molecule has 0 aromatic carbocycles. The van der Waals surface area contributed by atoms with Crippen LogP contribution in [-0.4, -0.2) is 22.7 Å². The SMILES string of the molecule is O=C(O)COc1ncccc1Cl. The molecule has 0 bridgehead atoms. The molecule has 0 radical (unpaired) electrons. The summed E-state index contributed by atoms with van der Waals surface area (Å²) in [5.41, 5.74) is 0. The van der Waals surface area contributed by atoms with Crippen molar-refractivity contribution >= 4 is 17.6 Å². The first-order valence-electron chi connectivity index (χ1n) is 3.15. The van der Waals surface area contributed by atoms with E-state index in [0.29, 0.717) is 5.02 Å². The fourth-order valence-corrected chi connectivity index (χ4v) is 0.784. The first-order valence-corrected chi connectivity index (χ1v) is 3.53. The molecule has 1 heterocycles. The maximum atomic E-state index is 10.1. The van der Waals surface area contributed by atoms with Gasteiger partial charge in [0.25, 0.3) is 0 Å². The molecule has 64 valence electrons. The van der Waals surface area contributed by atoms with Crippen molar-refractivity contribution in [2.45, 2.75) is 0 Å². The highest BCUT2D eigenvalue weighted by Gasteiger charge is 2.03. The van der Waals surface area contributed by atoms with Gasteiger partial charge in [0.05, 0.1) is 0 Å². The zero-order valence-corrected chi connectivity index (χ0v) is 6.78. The van der Waals surface area contributed by atoms with Gasteiger partial charge in [-0.15, -0.1) is 0 Å². The number of carboxylic acids is 1. The molecule has 0 aliphatic carbocycles. The highest BCUT2D eigenvalue weighted by molar-refractivity contribution is 6.31. The van der Waals surface area contributed by atoms with Crippen LogP contribution in [0.4, 0.5) is 0 Å². The van der Waals surface area contributed by atoms with Crippen molar-refractivity contribution in [2.75, 3.05) is 6.61 Å². The lowest BCUT2D eigenvalue weighted by Gasteiger charge is -2.01. The van der Waals surface area contributed by atoms with Crippen molar-refractivity contribution in [3.63, 3.8) is 0 Å². The number of ether oxygens (including phenoxy) is 1. The molecule has 1 aromatic heterocycles. The minimum Gasteiger partial charge on any atom is -0.479 e. The molecular weight excluding hydrogens is 182 g/mol. The Balaban J connectivity index is 2.63. The van der Waals surface area contributed by atoms with Gasteiger partial charge in [0, 0.05) is 6.20 Å². The summed E-state index contributed by atoms with van der Waals surface area (Å²) >= 11 is 5.63. The lowest BCUT2D eigenvalue weighted by Crippen LogP contribution is -2.10. The summed E-state index contributed by atoms with van der Waals surface area (Å²) in [7, 11) is 0. The standard InChI is InChI=1S/C7H6ClNO3/c8-5-2-1-3-9-7(5)12-4-6(10)11/h1-3H,4H2,(H,10,11). The minimum absolute atomic E-state index is 0.140. The van der Waals surface area contributed by atoms with E-state index >= 15 is 0 Å². The van der Waals surface area contributed by atoms with E-state index in [1.54, 1.807) is 12.1 Å². The first-order chi connectivity index (χ1) is 5.70. The Morgan fingerprint density at radius 3 is 3.08 bits per heavy atom. The Morgan fingerprint density at radius 1 is 1.75 bits per heavy atom. The Morgan fingerprint density at radius 2 is 2.50 bits per heavy atom. The number of carboxylic acid groups (broad SMARTS) is 1. The molecule has 1 aromatic rings. The summed E-state index contributed by atoms with van der Waals surface area (Å²) < 4.78 is 4.76. The molecule has 4 nitrogen and oxygen atoms in total. The van der Waals surface area contributed by atoms with Gasteiger partial charge in [-0.2, -0.15) is 0 Å². The first kappa shape index (κ1) is 8.80. The summed E-state index contributed by atoms with van der Waals surface area (Å²) in [6.07, 6.45) is 1.48. The second-order valence-electron chi connectivity index (χ2n) is 1.97. The van der Waals surface area contributed by atoms with Crippen LogP contribution in [0.3, 0.4) is 0 Å². The maximum absolute atomic E-state index is 10.1. The van der Waals surface area contributed by atoms with Gasteiger partial charge < -0.3 is 9.84 Å². The molecule has 0 unspecified atom stereocenters. The van der Waals surface area contributed by atoms with Crippen molar-refractivity contribution in [3.05, 3.63) is 23.4 Å². The molecule has 5 heteroatoms. The van der Waals surface area contributed by atoms with E-state index in [1.165, 1.54) is 6.20 Å². The van der Waals surface area contributed by atoms with E-state index < -0.39 is 12.6 Å². The quantitative estimate of drug-likeness (QED) is 0.773. The molecule has 0 atom stereocenters. The van der Waals surface area contributed by atoms with Crippen molar-refractivity contribution in [3.8, 4) is 5.88 Å². The lowest BCUT2D eigenvalue weighted by molar-refractivity contribution is -0.139. The Labute approximate surface area is 73.8 Å². The van der Waals surface area contributed by atoms with Crippen LogP contribution >= 0.6 is 11.6 Å². The van der Waals surface area contributed by atoms with Crippen LogP contribution in [-0.2, 0) is 4.79 Å². The van der Waals surface area contributed by atoms with Crippen LogP contribution in [0.1, 0.15) is 0 Å². The number of aliphatic carboxylic acids is 1. The molecule has 1 N–H and O–H groups in total. The number of rotatable bonds is 3. The van der Waals surface area contributed by atoms with Gasteiger partial charge in [-0.25, -0.2) is 9.78 Å². The second kappa shape index (κ2) is 3.92. The summed E-state index contributed by atoms with van der Waals surface area (Å²) in [6.45, 7) is -0.434. The molecule has 0 aliphatic heterocycles. The molecule has 0 spiro atoms. The lowest BCUT2D eigenvalue weighted by atomic mass is 10.5. The Hall–Kier alpha value is -1.29. The monoisotopic (exact) mass is 187 g/mol. The minimum atomic E-state index is -1.06. The number of hydrogen-bond acceptors (Lipinski definition) is 3. The average molecular weight is 188 g/mol. The molecule has 0 saturated heterocycles. The number of pyridine rings is 1. The third-order valence-electron chi connectivity index (χ3n) is 1.06. The molecule has 1 rings (SSSR count). The molecule has 0 amide bonds. The molecule has 0 saturated carbocycles. The molecular formula is C7H6ClNO3. The Bertz CT molecular complexity index is 290. The summed E-state index contributed by atoms with van der Waals surface area (Å²) in [4.78, 5) is 13.8. The number of carbonyl (C=O) groups is 1. The van der Waals surface area contributed by atoms with Gasteiger partial charge in [0.15, 0.2) is 6.61 Å². The number of nitrogens with zero attached hydrogens (tertiary/aromatic N) is 1. The van der Waals surface area contributed by atoms with Gasteiger partial charge in [-0.1, -0.05) is 11.6 Å². The van der Waals surface area contributed by atoms with E-state index in [4.69, 9.17) is 21.4 Å². The number of hydrogen-bond donors (Lipinski definition) is 1. The van der Waals surface area contributed by atoms with E-state index in [2.05, 4.69) is 4.98 Å². The van der Waals surface area contributed by atoms with Crippen molar-refractivity contribution in [2.24, 2.45) is 0 Å². The van der Waals surface area contributed by atoms with Crippen LogP contribution in [0.25, 0.3) is 0 Å². The normalized spacial score (nSPS) is 9.42. The summed E-state index contributed by atoms with van der Waals surface area (Å²) in [6, 6.07) is 3.21. The molecule has 0 aliphatic rings. The van der Waals surface area contributed by atoms with Crippen LogP contribution in [0.2, 0.25) is 5.02 Å². The summed E-state index contributed by atoms with van der Waals surface area (Å²) in [5.74, 6) is -0.918. The number of aromatic nitrogens is 1. The maximum Gasteiger partial charge on any atom is 0.341 e. The summed E-state index contributed by atoms with van der Waals surface area (Å²) in [5, 5.41) is 8.57. The molecule has 12 heavy (non-hydrogen) atoms. The zero-order valence-electron chi connectivity index (χ0n) is 6.03. The van der Waals surface area contributed by atoms with Crippen LogP contribution < -0.4 is 4.74 Å². The van der Waals surface area contributed by atoms with Crippen LogP contribution in [0, 0.1) is 0 Å². The van der Waals surface area contributed by atoms with Gasteiger partial charge in [0.1, 0.15) is 5.02 Å². The fourth-order valence-electron chi connectivity index (χ4n) is 0.608. The Kier molecular flexibility index (Phi) is 2.88. The average Bonchev–Trinajstić information content (AvgIpc) is 2.03. The number of halogens is 1. The van der Waals surface area contributed by atoms with Gasteiger partial charge >= 0.3 is 5.97 Å². The van der Waals surface area contributed by atoms with Crippen LogP contribution in [0.5, 0.6) is 5.88 Å². The molecule has 0 fully saturated rings. The van der Waals surface area contributed by atoms with E-state index in [9.17, 15) is 4.79 Å². The third kappa shape index (κ3) is 2.39. The van der Waals surface area contributed by atoms with E-state index in [0.717, 1.165) is 0 Å². The predicted octanol–water partition coefficient (Wildman–Crippen LogP) is 1.20. The van der Waals surface area contributed by atoms with Gasteiger partial charge in [0.2, 0.25) is 5.88 Å². The van der Waals surface area contributed by atoms with E-state index in [1.807, 2.05) is 0 Å². The van der Waals surface area contributed by atoms with Crippen LogP contribution in [0.15, 0.2) is 18.3 Å². The van der Waals surface area contributed by atoms with E-state index in [-0.39, 0.29) is 5.88 Å². The van der Waals surface area contributed by atoms with Crippen molar-refractivity contribution < 1.29 is 14.6 Å². The highest BCUT2D eigenvalue weighted by atomic mass is 35.5. The third-order valence-corrected chi connectivity index (χ3v) is 1.34. The van der Waals surface area contributed by atoms with Gasteiger partial charge in [-0.3, -0.25) is 0 Å². The smallest absolute Gasteiger partial charge is 0.341 e.